The lowest BCUT2D eigenvalue weighted by molar-refractivity contribution is -0.148. The van der Waals surface area contributed by atoms with Crippen molar-refractivity contribution in [3.63, 3.8) is 0 Å². The van der Waals surface area contributed by atoms with E-state index in [1.807, 2.05) is 30.3 Å². The maximum Gasteiger partial charge on any atom is 0.331 e. The highest BCUT2D eigenvalue weighted by Crippen LogP contribution is 2.12. The van der Waals surface area contributed by atoms with Crippen molar-refractivity contribution >= 4 is 28.9 Å². The number of carbonyl (C=O) groups is 2. The van der Waals surface area contributed by atoms with Crippen molar-refractivity contribution in [2.75, 3.05) is 0 Å². The first-order chi connectivity index (χ1) is 9.56. The Hall–Kier alpha value is -2.69. The number of benzene rings is 1. The minimum Gasteiger partial charge on any atom is -0.449 e. The zero-order valence-electron chi connectivity index (χ0n) is 10.9. The normalized spacial score (nSPS) is 12.4. The van der Waals surface area contributed by atoms with Gasteiger partial charge in [0.25, 0.3) is 5.91 Å². The van der Waals surface area contributed by atoms with E-state index in [4.69, 9.17) is 10.5 Å². The Morgan fingerprint density at radius 2 is 2.00 bits per heavy atom. The number of ether oxygens (including phenoxy) is 1. The van der Waals surface area contributed by atoms with Crippen LogP contribution in [0.1, 0.15) is 12.6 Å². The molecule has 1 aromatic heterocycles. The fraction of sp³-hybridized carbons (Fsp3) is 0.133. The monoisotopic (exact) mass is 270 g/mol. The van der Waals surface area contributed by atoms with Crippen LogP contribution in [0.4, 0.5) is 0 Å². The fourth-order valence-corrected chi connectivity index (χ4v) is 1.60. The molecule has 1 unspecified atom stereocenters. The van der Waals surface area contributed by atoms with Crippen molar-refractivity contribution < 1.29 is 14.3 Å². The topological polar surface area (TPSA) is 82.3 Å². The van der Waals surface area contributed by atoms with Gasteiger partial charge in [-0.1, -0.05) is 24.3 Å². The summed E-state index contributed by atoms with van der Waals surface area (Å²) in [5.41, 5.74) is 6.47. The van der Waals surface area contributed by atoms with E-state index in [1.54, 1.807) is 6.07 Å². The van der Waals surface area contributed by atoms with Gasteiger partial charge in [0.05, 0.1) is 11.2 Å². The molecular weight excluding hydrogens is 256 g/mol. The molecule has 2 N–H and O–H groups in total. The van der Waals surface area contributed by atoms with Crippen LogP contribution in [0.15, 0.2) is 42.5 Å². The quantitative estimate of drug-likeness (QED) is 0.676. The van der Waals surface area contributed by atoms with Crippen LogP contribution in [0.25, 0.3) is 17.0 Å². The van der Waals surface area contributed by atoms with Crippen molar-refractivity contribution in [3.8, 4) is 0 Å². The zero-order chi connectivity index (χ0) is 14.5. The van der Waals surface area contributed by atoms with Crippen LogP contribution in [0.5, 0.6) is 0 Å². The van der Waals surface area contributed by atoms with Crippen LogP contribution < -0.4 is 5.73 Å². The summed E-state index contributed by atoms with van der Waals surface area (Å²) in [6.45, 7) is 1.42. The van der Waals surface area contributed by atoms with Gasteiger partial charge in [0.15, 0.2) is 6.10 Å². The maximum atomic E-state index is 11.5. The fourth-order valence-electron chi connectivity index (χ4n) is 1.60. The van der Waals surface area contributed by atoms with Gasteiger partial charge in [0, 0.05) is 11.5 Å². The lowest BCUT2D eigenvalue weighted by Crippen LogP contribution is -2.29. The molecule has 0 fully saturated rings. The Balaban J connectivity index is 2.09. The molecule has 1 aromatic carbocycles. The Labute approximate surface area is 116 Å². The molecule has 0 saturated heterocycles. The third kappa shape index (κ3) is 3.41. The summed E-state index contributed by atoms with van der Waals surface area (Å²) in [6, 6.07) is 11.4. The average Bonchev–Trinajstić information content (AvgIpc) is 2.44. The minimum atomic E-state index is -0.947. The molecular formula is C15H14N2O3. The molecule has 0 aliphatic rings. The summed E-state index contributed by atoms with van der Waals surface area (Å²) in [7, 11) is 0. The second-order valence-electron chi connectivity index (χ2n) is 4.24. The summed E-state index contributed by atoms with van der Waals surface area (Å²) < 4.78 is 4.79. The molecule has 102 valence electrons. The molecule has 2 aromatic rings. The first-order valence-corrected chi connectivity index (χ1v) is 6.10. The van der Waals surface area contributed by atoms with E-state index in [0.717, 1.165) is 10.9 Å². The maximum absolute atomic E-state index is 11.5. The molecule has 0 saturated carbocycles. The number of aromatic nitrogens is 1. The molecule has 1 amide bonds. The number of rotatable bonds is 4. The number of hydrogen-bond acceptors (Lipinski definition) is 4. The smallest absolute Gasteiger partial charge is 0.331 e. The number of para-hydroxylation sites is 1. The summed E-state index contributed by atoms with van der Waals surface area (Å²) in [5, 5.41) is 1.02. The molecule has 0 spiro atoms. The van der Waals surface area contributed by atoms with Crippen LogP contribution >= 0.6 is 0 Å². The third-order valence-corrected chi connectivity index (χ3v) is 2.70. The SMILES string of the molecule is CC(OC(=O)/C=C/c1ccc2ccccc2n1)C(N)=O. The number of hydrogen-bond donors (Lipinski definition) is 1. The molecule has 0 aliphatic heterocycles. The van der Waals surface area contributed by atoms with Gasteiger partial charge in [0.1, 0.15) is 0 Å². The predicted octanol–water partition coefficient (Wildman–Crippen LogP) is 1.66. The second-order valence-corrected chi connectivity index (χ2v) is 4.24. The number of fused-ring (bicyclic) bond motifs is 1. The van der Waals surface area contributed by atoms with Crippen molar-refractivity contribution in [1.29, 1.82) is 0 Å². The van der Waals surface area contributed by atoms with Crippen molar-refractivity contribution in [2.24, 2.45) is 5.73 Å². The van der Waals surface area contributed by atoms with Crippen LogP contribution in [0.3, 0.4) is 0 Å². The van der Waals surface area contributed by atoms with Gasteiger partial charge in [-0.25, -0.2) is 9.78 Å². The molecule has 0 aliphatic carbocycles. The molecule has 20 heavy (non-hydrogen) atoms. The number of nitrogens with zero attached hydrogens (tertiary/aromatic N) is 1. The summed E-state index contributed by atoms with van der Waals surface area (Å²) in [4.78, 5) is 26.6. The molecule has 5 heteroatoms. The first-order valence-electron chi connectivity index (χ1n) is 6.10. The molecule has 1 atom stereocenters. The van der Waals surface area contributed by atoms with Gasteiger partial charge in [-0.05, 0) is 25.1 Å². The van der Waals surface area contributed by atoms with E-state index < -0.39 is 18.0 Å². The van der Waals surface area contributed by atoms with Crippen molar-refractivity contribution in [3.05, 3.63) is 48.2 Å². The van der Waals surface area contributed by atoms with Crippen LogP contribution in [0.2, 0.25) is 0 Å². The number of esters is 1. The van der Waals surface area contributed by atoms with Gasteiger partial charge in [-0.3, -0.25) is 4.79 Å². The Kier molecular flexibility index (Phi) is 4.10. The number of pyridine rings is 1. The standard InChI is InChI=1S/C15H14N2O3/c1-10(15(16)19)20-14(18)9-8-12-7-6-11-4-2-3-5-13(11)17-12/h2-10H,1H3,(H2,16,19)/b9-8+. The highest BCUT2D eigenvalue weighted by molar-refractivity contribution is 5.90. The van der Waals surface area contributed by atoms with E-state index in [0.29, 0.717) is 5.69 Å². The molecule has 1 heterocycles. The highest BCUT2D eigenvalue weighted by atomic mass is 16.5. The van der Waals surface area contributed by atoms with Crippen molar-refractivity contribution in [1.82, 2.24) is 4.98 Å². The Bertz CT molecular complexity index is 680. The Morgan fingerprint density at radius 1 is 1.25 bits per heavy atom. The number of nitrogens with two attached hydrogens (primary N) is 1. The summed E-state index contributed by atoms with van der Waals surface area (Å²) >= 11 is 0. The van der Waals surface area contributed by atoms with Gasteiger partial charge in [-0.2, -0.15) is 0 Å². The lowest BCUT2D eigenvalue weighted by atomic mass is 10.2. The second kappa shape index (κ2) is 5.97. The molecule has 0 radical (unpaired) electrons. The largest absolute Gasteiger partial charge is 0.449 e. The van der Waals surface area contributed by atoms with Crippen LogP contribution in [0, 0.1) is 0 Å². The number of carbonyl (C=O) groups excluding carboxylic acids is 2. The van der Waals surface area contributed by atoms with Gasteiger partial charge in [-0.15, -0.1) is 0 Å². The average molecular weight is 270 g/mol. The van der Waals surface area contributed by atoms with Gasteiger partial charge < -0.3 is 10.5 Å². The van der Waals surface area contributed by atoms with Gasteiger partial charge in [0.2, 0.25) is 0 Å². The Morgan fingerprint density at radius 3 is 2.75 bits per heavy atom. The lowest BCUT2D eigenvalue weighted by Gasteiger charge is -2.06. The summed E-state index contributed by atoms with van der Waals surface area (Å²) in [6.07, 6.45) is 1.80. The van der Waals surface area contributed by atoms with Crippen molar-refractivity contribution in [2.45, 2.75) is 13.0 Å². The van der Waals surface area contributed by atoms with E-state index in [2.05, 4.69) is 4.98 Å². The minimum absolute atomic E-state index is 0.632. The molecule has 2 rings (SSSR count). The third-order valence-electron chi connectivity index (χ3n) is 2.70. The van der Waals surface area contributed by atoms with E-state index in [9.17, 15) is 9.59 Å². The zero-order valence-corrected chi connectivity index (χ0v) is 10.9. The molecule has 0 bridgehead atoms. The first kappa shape index (κ1) is 13.7. The predicted molar refractivity (Wildman–Crippen MR) is 75.5 cm³/mol. The number of primary amides is 1. The highest BCUT2D eigenvalue weighted by Gasteiger charge is 2.12. The van der Waals surface area contributed by atoms with E-state index in [1.165, 1.54) is 19.1 Å². The molecule has 5 nitrogen and oxygen atoms in total. The van der Waals surface area contributed by atoms with E-state index >= 15 is 0 Å². The van der Waals surface area contributed by atoms with Crippen LogP contribution in [-0.2, 0) is 14.3 Å². The summed E-state index contributed by atoms with van der Waals surface area (Å²) in [5.74, 6) is -1.32. The van der Waals surface area contributed by atoms with E-state index in [-0.39, 0.29) is 0 Å². The van der Waals surface area contributed by atoms with Crippen LogP contribution in [-0.4, -0.2) is 23.0 Å². The number of amides is 1. The van der Waals surface area contributed by atoms with Gasteiger partial charge >= 0.3 is 5.97 Å².